The molecule has 33 heavy (non-hydrogen) atoms. The lowest BCUT2D eigenvalue weighted by atomic mass is 9.63. The molecule has 7 nitrogen and oxygen atoms in total. The van der Waals surface area contributed by atoms with Crippen LogP contribution in [0.2, 0.25) is 0 Å². The van der Waals surface area contributed by atoms with E-state index in [1.165, 1.54) is 29.8 Å². The van der Waals surface area contributed by atoms with Crippen molar-refractivity contribution in [1.82, 2.24) is 0 Å². The first-order chi connectivity index (χ1) is 15.5. The van der Waals surface area contributed by atoms with Gasteiger partial charge in [-0.25, -0.2) is 4.79 Å². The molecule has 0 unspecified atom stereocenters. The molecule has 0 aliphatic heterocycles. The predicted octanol–water partition coefficient (Wildman–Crippen LogP) is 4.90. The normalized spacial score (nSPS) is 16.4. The summed E-state index contributed by atoms with van der Waals surface area (Å²) in [5.41, 5.74) is 2.85. The van der Waals surface area contributed by atoms with Gasteiger partial charge < -0.3 is 20.4 Å². The van der Waals surface area contributed by atoms with Gasteiger partial charge >= 0.3 is 5.97 Å². The molecule has 1 aliphatic carbocycles. The number of aromatic hydroxyl groups is 1. The summed E-state index contributed by atoms with van der Waals surface area (Å²) in [6, 6.07) is 9.73. The zero-order valence-electron chi connectivity index (χ0n) is 19.4. The molecule has 0 spiro atoms. The Kier molecular flexibility index (Phi) is 6.63. The third-order valence-electron chi connectivity index (χ3n) is 6.25. The average molecular weight is 451 g/mol. The van der Waals surface area contributed by atoms with E-state index in [-0.39, 0.29) is 40.1 Å². The second-order valence-electron chi connectivity index (χ2n) is 9.55. The van der Waals surface area contributed by atoms with E-state index in [0.29, 0.717) is 5.56 Å². The molecule has 1 amide bonds. The molecule has 0 aromatic heterocycles. The summed E-state index contributed by atoms with van der Waals surface area (Å²) in [5.74, 6) is -1.70. The maximum Gasteiger partial charge on any atom is 0.342 e. The first kappa shape index (κ1) is 24.0. The van der Waals surface area contributed by atoms with Gasteiger partial charge in [0.1, 0.15) is 17.9 Å². The van der Waals surface area contributed by atoms with Crippen LogP contribution in [0.5, 0.6) is 5.75 Å². The lowest BCUT2D eigenvalue weighted by molar-refractivity contribution is -0.110. The van der Waals surface area contributed by atoms with Crippen molar-refractivity contribution in [2.75, 3.05) is 11.9 Å². The number of oxime groups is 1. The number of rotatable bonds is 6. The van der Waals surface area contributed by atoms with Gasteiger partial charge in [0.2, 0.25) is 0 Å². The van der Waals surface area contributed by atoms with Crippen LogP contribution in [-0.4, -0.2) is 34.5 Å². The quantitative estimate of drug-likeness (QED) is 0.191. The van der Waals surface area contributed by atoms with Crippen molar-refractivity contribution in [2.45, 2.75) is 51.4 Å². The number of anilines is 1. The van der Waals surface area contributed by atoms with Crippen LogP contribution >= 0.6 is 0 Å². The van der Waals surface area contributed by atoms with Crippen molar-refractivity contribution in [3.8, 4) is 5.75 Å². The van der Waals surface area contributed by atoms with Crippen LogP contribution in [0.15, 0.2) is 54.2 Å². The second kappa shape index (κ2) is 9.10. The number of benzene rings is 2. The smallest absolute Gasteiger partial charge is 0.342 e. The van der Waals surface area contributed by atoms with Gasteiger partial charge in [-0.15, -0.1) is 0 Å². The van der Waals surface area contributed by atoms with Gasteiger partial charge in [-0.3, -0.25) is 4.79 Å². The standard InChI is InChI=1S/C26H30N2O5/c1-6-13-33-24(31)18-9-8-17(15-21(18)29)27-23(30)22(28-32)16-7-10-19-20(14-16)26(4,5)12-11-25(19,2)3/h6-10,14-15,29,32H,1,11-13H2,2-5H3,(H,27,30)/b28-22+. The fourth-order valence-corrected chi connectivity index (χ4v) is 4.15. The van der Waals surface area contributed by atoms with Gasteiger partial charge in [0.05, 0.1) is 0 Å². The number of carbonyl (C=O) groups is 2. The zero-order chi connectivity index (χ0) is 24.4. The summed E-state index contributed by atoms with van der Waals surface area (Å²) in [5, 5.41) is 25.6. The van der Waals surface area contributed by atoms with Crippen molar-refractivity contribution in [3.63, 3.8) is 0 Å². The SMILES string of the molecule is C=CCOC(=O)c1ccc(NC(=O)/C(=N/O)c2ccc3c(c2)C(C)(C)CCC3(C)C)cc1O. The molecule has 0 heterocycles. The van der Waals surface area contributed by atoms with Gasteiger partial charge in [-0.05, 0) is 53.0 Å². The van der Waals surface area contributed by atoms with E-state index in [1.54, 1.807) is 6.07 Å². The largest absolute Gasteiger partial charge is 0.507 e. The van der Waals surface area contributed by atoms with Gasteiger partial charge in [0.15, 0.2) is 5.71 Å². The number of hydrogen-bond donors (Lipinski definition) is 3. The summed E-state index contributed by atoms with van der Waals surface area (Å²) in [6.07, 6.45) is 3.49. The molecule has 0 saturated heterocycles. The van der Waals surface area contributed by atoms with E-state index in [2.05, 4.69) is 44.7 Å². The van der Waals surface area contributed by atoms with E-state index < -0.39 is 11.9 Å². The molecule has 0 radical (unpaired) electrons. The fourth-order valence-electron chi connectivity index (χ4n) is 4.15. The van der Waals surface area contributed by atoms with E-state index in [1.807, 2.05) is 12.1 Å². The number of fused-ring (bicyclic) bond motifs is 1. The maximum atomic E-state index is 12.9. The minimum Gasteiger partial charge on any atom is -0.507 e. The van der Waals surface area contributed by atoms with E-state index in [0.717, 1.165) is 18.4 Å². The fraction of sp³-hybridized carbons (Fsp3) is 0.346. The number of amides is 1. The Hall–Kier alpha value is -3.61. The number of phenolic OH excluding ortho intramolecular Hbond substituents is 1. The summed E-state index contributed by atoms with van der Waals surface area (Å²) >= 11 is 0. The zero-order valence-corrected chi connectivity index (χ0v) is 19.4. The van der Waals surface area contributed by atoms with Crippen LogP contribution in [0, 0.1) is 0 Å². The maximum absolute atomic E-state index is 12.9. The third-order valence-corrected chi connectivity index (χ3v) is 6.25. The lowest BCUT2D eigenvalue weighted by Gasteiger charge is -2.42. The Labute approximate surface area is 193 Å². The Bertz CT molecular complexity index is 1130. The molecule has 174 valence electrons. The molecule has 1 aliphatic rings. The van der Waals surface area contributed by atoms with Gasteiger partial charge in [0, 0.05) is 17.3 Å². The van der Waals surface area contributed by atoms with E-state index in [4.69, 9.17) is 4.74 Å². The Morgan fingerprint density at radius 1 is 1.09 bits per heavy atom. The number of nitrogens with zero attached hydrogens (tertiary/aromatic N) is 1. The van der Waals surface area contributed by atoms with Crippen LogP contribution in [-0.2, 0) is 20.4 Å². The molecule has 2 aromatic rings. The van der Waals surface area contributed by atoms with Crippen molar-refractivity contribution < 1.29 is 24.6 Å². The van der Waals surface area contributed by atoms with Crippen LogP contribution in [0.1, 0.15) is 67.6 Å². The highest BCUT2D eigenvalue weighted by molar-refractivity contribution is 6.48. The molecular weight excluding hydrogens is 420 g/mol. The number of ether oxygens (including phenoxy) is 1. The van der Waals surface area contributed by atoms with Crippen molar-refractivity contribution in [3.05, 3.63) is 71.3 Å². The average Bonchev–Trinajstić information content (AvgIpc) is 2.76. The first-order valence-corrected chi connectivity index (χ1v) is 10.8. The summed E-state index contributed by atoms with van der Waals surface area (Å²) in [7, 11) is 0. The van der Waals surface area contributed by atoms with Gasteiger partial charge in [-0.2, -0.15) is 0 Å². The van der Waals surface area contributed by atoms with Gasteiger partial charge in [0.25, 0.3) is 5.91 Å². The highest BCUT2D eigenvalue weighted by atomic mass is 16.5. The number of esters is 1. The molecule has 0 atom stereocenters. The van der Waals surface area contributed by atoms with Crippen molar-refractivity contribution in [2.24, 2.45) is 5.16 Å². The number of phenols is 1. The third kappa shape index (κ3) is 4.92. The molecule has 7 heteroatoms. The number of nitrogens with one attached hydrogen (secondary N) is 1. The Balaban J connectivity index is 1.85. The van der Waals surface area contributed by atoms with E-state index in [9.17, 15) is 19.9 Å². The lowest BCUT2D eigenvalue weighted by Crippen LogP contribution is -2.34. The minimum atomic E-state index is -0.706. The molecule has 0 saturated carbocycles. The van der Waals surface area contributed by atoms with Gasteiger partial charge in [-0.1, -0.05) is 57.6 Å². The van der Waals surface area contributed by atoms with Crippen LogP contribution < -0.4 is 5.32 Å². The predicted molar refractivity (Wildman–Crippen MR) is 127 cm³/mol. The number of carbonyl (C=O) groups excluding carboxylic acids is 2. The molecular formula is C26H30N2O5. The van der Waals surface area contributed by atoms with Crippen molar-refractivity contribution >= 4 is 23.3 Å². The topological polar surface area (TPSA) is 108 Å². The highest BCUT2D eigenvalue weighted by Crippen LogP contribution is 2.46. The van der Waals surface area contributed by atoms with Crippen LogP contribution in [0.4, 0.5) is 5.69 Å². The molecule has 3 N–H and O–H groups in total. The summed E-state index contributed by atoms with van der Waals surface area (Å²) in [4.78, 5) is 24.8. The molecule has 3 rings (SSSR count). The monoisotopic (exact) mass is 450 g/mol. The summed E-state index contributed by atoms with van der Waals surface area (Å²) in [6.45, 7) is 12.2. The second-order valence-corrected chi connectivity index (χ2v) is 9.55. The van der Waals surface area contributed by atoms with E-state index >= 15 is 0 Å². The molecule has 2 aromatic carbocycles. The molecule has 0 fully saturated rings. The molecule has 0 bridgehead atoms. The summed E-state index contributed by atoms with van der Waals surface area (Å²) < 4.78 is 4.91. The Morgan fingerprint density at radius 2 is 1.76 bits per heavy atom. The highest BCUT2D eigenvalue weighted by Gasteiger charge is 2.37. The van der Waals surface area contributed by atoms with Crippen LogP contribution in [0.3, 0.4) is 0 Å². The minimum absolute atomic E-state index is 0.0157. The van der Waals surface area contributed by atoms with Crippen LogP contribution in [0.25, 0.3) is 0 Å². The Morgan fingerprint density at radius 3 is 2.36 bits per heavy atom. The first-order valence-electron chi connectivity index (χ1n) is 10.8. The number of hydrogen-bond acceptors (Lipinski definition) is 6. The van der Waals surface area contributed by atoms with Crippen molar-refractivity contribution in [1.29, 1.82) is 0 Å².